The number of para-hydroxylation sites is 1. The van der Waals surface area contributed by atoms with Crippen LogP contribution in [0.3, 0.4) is 0 Å². The van der Waals surface area contributed by atoms with Crippen LogP contribution in [0.2, 0.25) is 0 Å². The van der Waals surface area contributed by atoms with E-state index in [0.717, 1.165) is 31.7 Å². The summed E-state index contributed by atoms with van der Waals surface area (Å²) in [6.07, 6.45) is 2.79. The maximum atomic E-state index is 5.52. The lowest BCUT2D eigenvalue weighted by atomic mass is 10.3. The summed E-state index contributed by atoms with van der Waals surface area (Å²) in [5, 5.41) is 7.62. The standard InChI is InChI=1S/C15H23N5O/c1-19(2)11-6-9-16-10-12-21-15-17-13-20(18-15)14-7-4-3-5-8-14/h3-5,7-8,13,16H,6,9-12H2,1-2H3. The lowest BCUT2D eigenvalue weighted by Crippen LogP contribution is -2.25. The van der Waals surface area contributed by atoms with Gasteiger partial charge in [0, 0.05) is 6.54 Å². The Hall–Kier alpha value is -1.92. The zero-order valence-corrected chi connectivity index (χ0v) is 12.7. The molecule has 0 atom stereocenters. The second-order valence-electron chi connectivity index (χ2n) is 5.06. The van der Waals surface area contributed by atoms with Crippen molar-refractivity contribution in [1.82, 2.24) is 25.0 Å². The molecule has 0 amide bonds. The van der Waals surface area contributed by atoms with E-state index in [9.17, 15) is 0 Å². The fraction of sp³-hybridized carbons (Fsp3) is 0.467. The third-order valence-corrected chi connectivity index (χ3v) is 2.96. The van der Waals surface area contributed by atoms with E-state index < -0.39 is 0 Å². The Kier molecular flexibility index (Phi) is 6.18. The minimum absolute atomic E-state index is 0.411. The number of nitrogens with zero attached hydrogens (tertiary/aromatic N) is 4. The van der Waals surface area contributed by atoms with Gasteiger partial charge in [-0.3, -0.25) is 0 Å². The molecule has 114 valence electrons. The van der Waals surface area contributed by atoms with Crippen LogP contribution in [-0.2, 0) is 0 Å². The number of hydrogen-bond donors (Lipinski definition) is 1. The highest BCUT2D eigenvalue weighted by Crippen LogP contribution is 2.07. The van der Waals surface area contributed by atoms with Crippen LogP contribution in [0.25, 0.3) is 5.69 Å². The predicted octanol–water partition coefficient (Wildman–Crippen LogP) is 1.19. The molecule has 0 fully saturated rings. The molecule has 1 heterocycles. The summed E-state index contributed by atoms with van der Waals surface area (Å²) in [7, 11) is 4.16. The Bertz CT molecular complexity index is 512. The van der Waals surface area contributed by atoms with Crippen molar-refractivity contribution in [3.8, 4) is 11.7 Å². The van der Waals surface area contributed by atoms with E-state index in [4.69, 9.17) is 4.74 Å². The van der Waals surface area contributed by atoms with E-state index in [1.54, 1.807) is 11.0 Å². The lowest BCUT2D eigenvalue weighted by molar-refractivity contribution is 0.288. The van der Waals surface area contributed by atoms with Gasteiger partial charge in [0.05, 0.1) is 5.69 Å². The Morgan fingerprint density at radius 3 is 2.76 bits per heavy atom. The van der Waals surface area contributed by atoms with Gasteiger partial charge in [-0.2, -0.15) is 4.98 Å². The van der Waals surface area contributed by atoms with Crippen LogP contribution in [0.1, 0.15) is 6.42 Å². The van der Waals surface area contributed by atoms with Gasteiger partial charge in [0.2, 0.25) is 0 Å². The van der Waals surface area contributed by atoms with Crippen molar-refractivity contribution in [2.24, 2.45) is 0 Å². The lowest BCUT2D eigenvalue weighted by Gasteiger charge is -2.09. The Labute approximate surface area is 125 Å². The first-order chi connectivity index (χ1) is 10.3. The van der Waals surface area contributed by atoms with Crippen molar-refractivity contribution in [1.29, 1.82) is 0 Å². The van der Waals surface area contributed by atoms with Gasteiger partial charge < -0.3 is 15.0 Å². The van der Waals surface area contributed by atoms with Crippen molar-refractivity contribution >= 4 is 0 Å². The summed E-state index contributed by atoms with van der Waals surface area (Å²) >= 11 is 0. The first-order valence-corrected chi connectivity index (χ1v) is 7.21. The fourth-order valence-corrected chi connectivity index (χ4v) is 1.88. The summed E-state index contributed by atoms with van der Waals surface area (Å²) in [5.41, 5.74) is 0.974. The molecule has 0 saturated heterocycles. The van der Waals surface area contributed by atoms with Gasteiger partial charge in [-0.05, 0) is 45.7 Å². The van der Waals surface area contributed by atoms with Crippen molar-refractivity contribution in [2.75, 3.05) is 40.3 Å². The number of hydrogen-bond acceptors (Lipinski definition) is 5. The van der Waals surface area contributed by atoms with Gasteiger partial charge in [0.25, 0.3) is 0 Å². The molecule has 6 nitrogen and oxygen atoms in total. The molecule has 0 aliphatic heterocycles. The number of ether oxygens (including phenoxy) is 1. The highest BCUT2D eigenvalue weighted by Gasteiger charge is 2.02. The summed E-state index contributed by atoms with van der Waals surface area (Å²) in [5.74, 6) is 0. The first kappa shape index (κ1) is 15.5. The highest BCUT2D eigenvalue weighted by molar-refractivity contribution is 5.29. The van der Waals surface area contributed by atoms with Crippen LogP contribution in [0.4, 0.5) is 0 Å². The summed E-state index contributed by atoms with van der Waals surface area (Å²) in [4.78, 5) is 6.32. The maximum Gasteiger partial charge on any atom is 0.335 e. The number of rotatable bonds is 9. The molecule has 0 unspecified atom stereocenters. The second-order valence-corrected chi connectivity index (χ2v) is 5.06. The van der Waals surface area contributed by atoms with E-state index in [0.29, 0.717) is 12.6 Å². The summed E-state index contributed by atoms with van der Waals surface area (Å²) in [6, 6.07) is 10.3. The molecule has 0 aliphatic rings. The Morgan fingerprint density at radius 1 is 1.19 bits per heavy atom. The van der Waals surface area contributed by atoms with E-state index in [1.165, 1.54) is 0 Å². The number of aromatic nitrogens is 3. The van der Waals surface area contributed by atoms with Crippen molar-refractivity contribution in [3.63, 3.8) is 0 Å². The highest BCUT2D eigenvalue weighted by atomic mass is 16.5. The molecule has 1 aromatic heterocycles. The molecule has 6 heteroatoms. The van der Waals surface area contributed by atoms with Crippen LogP contribution < -0.4 is 10.1 Å². The number of benzene rings is 1. The van der Waals surface area contributed by atoms with E-state index in [-0.39, 0.29) is 0 Å². The van der Waals surface area contributed by atoms with Gasteiger partial charge in [-0.25, -0.2) is 4.68 Å². The zero-order chi connectivity index (χ0) is 14.9. The van der Waals surface area contributed by atoms with Crippen LogP contribution in [0.15, 0.2) is 36.7 Å². The van der Waals surface area contributed by atoms with Crippen LogP contribution >= 0.6 is 0 Å². The largest absolute Gasteiger partial charge is 0.461 e. The van der Waals surface area contributed by atoms with Crippen LogP contribution in [0, 0.1) is 0 Å². The monoisotopic (exact) mass is 289 g/mol. The normalized spacial score (nSPS) is 11.0. The third kappa shape index (κ3) is 5.53. The van der Waals surface area contributed by atoms with Crippen LogP contribution in [0.5, 0.6) is 6.01 Å². The zero-order valence-electron chi connectivity index (χ0n) is 12.7. The molecule has 1 aromatic carbocycles. The molecular formula is C15H23N5O. The van der Waals surface area contributed by atoms with Gasteiger partial charge >= 0.3 is 6.01 Å². The molecule has 21 heavy (non-hydrogen) atoms. The minimum atomic E-state index is 0.411. The Morgan fingerprint density at radius 2 is 2.00 bits per heavy atom. The smallest absolute Gasteiger partial charge is 0.335 e. The van der Waals surface area contributed by atoms with Crippen molar-refractivity contribution in [2.45, 2.75) is 6.42 Å². The molecular weight excluding hydrogens is 266 g/mol. The maximum absolute atomic E-state index is 5.52. The predicted molar refractivity (Wildman–Crippen MR) is 82.9 cm³/mol. The van der Waals surface area contributed by atoms with E-state index in [1.807, 2.05) is 30.3 Å². The number of nitrogens with one attached hydrogen (secondary N) is 1. The summed E-state index contributed by atoms with van der Waals surface area (Å²) in [6.45, 7) is 3.46. The molecule has 0 saturated carbocycles. The topological polar surface area (TPSA) is 55.2 Å². The van der Waals surface area contributed by atoms with Gasteiger partial charge in [0.15, 0.2) is 0 Å². The minimum Gasteiger partial charge on any atom is -0.461 e. The van der Waals surface area contributed by atoms with Gasteiger partial charge in [0.1, 0.15) is 12.9 Å². The van der Waals surface area contributed by atoms with Crippen molar-refractivity contribution < 1.29 is 4.74 Å². The average Bonchev–Trinajstić information content (AvgIpc) is 2.96. The van der Waals surface area contributed by atoms with E-state index >= 15 is 0 Å². The Balaban J connectivity index is 1.65. The first-order valence-electron chi connectivity index (χ1n) is 7.21. The molecule has 1 N–H and O–H groups in total. The SMILES string of the molecule is CN(C)CCCNCCOc1ncn(-c2ccccc2)n1. The summed E-state index contributed by atoms with van der Waals surface area (Å²) < 4.78 is 7.23. The molecule has 0 aliphatic carbocycles. The molecule has 0 bridgehead atoms. The molecule has 0 spiro atoms. The molecule has 2 rings (SSSR count). The quantitative estimate of drug-likeness (QED) is 0.703. The van der Waals surface area contributed by atoms with Crippen LogP contribution in [-0.4, -0.2) is 60.0 Å². The average molecular weight is 289 g/mol. The molecule has 2 aromatic rings. The van der Waals surface area contributed by atoms with Crippen molar-refractivity contribution in [3.05, 3.63) is 36.7 Å². The van der Waals surface area contributed by atoms with Gasteiger partial charge in [-0.15, -0.1) is 5.10 Å². The second kappa shape index (κ2) is 8.39. The van der Waals surface area contributed by atoms with E-state index in [2.05, 4.69) is 34.4 Å². The fourth-order valence-electron chi connectivity index (χ4n) is 1.88. The molecule has 0 radical (unpaired) electrons. The third-order valence-electron chi connectivity index (χ3n) is 2.96. The van der Waals surface area contributed by atoms with Gasteiger partial charge in [-0.1, -0.05) is 18.2 Å².